The lowest BCUT2D eigenvalue weighted by atomic mass is 9.99. The molecule has 1 nitrogen and oxygen atoms in total. The zero-order valence-electron chi connectivity index (χ0n) is 12.3. The number of halogens is 2. The molecule has 0 heterocycles. The molecule has 1 rings (SSSR count). The fourth-order valence-electron chi connectivity index (χ4n) is 2.30. The third-order valence-corrected chi connectivity index (χ3v) is 3.77. The second kappa shape index (κ2) is 10.3. The predicted octanol–water partition coefficient (Wildman–Crippen LogP) is 6.17. The second-order valence-corrected chi connectivity index (χ2v) is 6.01. The smallest absolute Gasteiger partial charge is 0.0424 e. The van der Waals surface area contributed by atoms with Gasteiger partial charge in [0.1, 0.15) is 0 Å². The highest BCUT2D eigenvalue weighted by Gasteiger charge is 2.11. The number of hydrogen-bond acceptors (Lipinski definition) is 1. The topological polar surface area (TPSA) is 12.0 Å². The Kier molecular flexibility index (Phi) is 9.00. The number of benzene rings is 1. The first-order valence-corrected chi connectivity index (χ1v) is 8.23. The van der Waals surface area contributed by atoms with Gasteiger partial charge in [0.05, 0.1) is 0 Å². The molecule has 112 valence electrons. The molecule has 1 aromatic carbocycles. The molecular weight excluding hydrogens is 289 g/mol. The van der Waals surface area contributed by atoms with E-state index < -0.39 is 0 Å². The van der Waals surface area contributed by atoms with Crippen LogP contribution in [0.5, 0.6) is 0 Å². The van der Waals surface area contributed by atoms with Crippen molar-refractivity contribution in [2.45, 2.75) is 51.5 Å². The minimum absolute atomic E-state index is 0.342. The first-order valence-electron chi connectivity index (χ1n) is 7.47. The maximum Gasteiger partial charge on any atom is 0.0424 e. The van der Waals surface area contributed by atoms with E-state index in [0.717, 1.165) is 25.8 Å². The van der Waals surface area contributed by atoms with Gasteiger partial charge in [-0.1, -0.05) is 49.0 Å². The summed E-state index contributed by atoms with van der Waals surface area (Å²) in [4.78, 5) is 0. The van der Waals surface area contributed by atoms with Crippen LogP contribution in [0.2, 0.25) is 10.0 Å². The summed E-state index contributed by atoms with van der Waals surface area (Å²) in [5.74, 6) is 0. The van der Waals surface area contributed by atoms with Crippen LogP contribution in [-0.4, -0.2) is 6.54 Å². The number of nitrogens with one attached hydrogen (secondary N) is 1. The zero-order valence-corrected chi connectivity index (χ0v) is 13.8. The lowest BCUT2D eigenvalue weighted by molar-refractivity contribution is 0.472. The number of allylic oxidation sites excluding steroid dienone is 1. The van der Waals surface area contributed by atoms with Gasteiger partial charge in [-0.2, -0.15) is 0 Å². The van der Waals surface area contributed by atoms with Crippen LogP contribution in [0.4, 0.5) is 0 Å². The van der Waals surface area contributed by atoms with Gasteiger partial charge in [0.15, 0.2) is 0 Å². The molecule has 0 aromatic heterocycles. The molecule has 0 spiro atoms. The van der Waals surface area contributed by atoms with Crippen LogP contribution in [0.3, 0.4) is 0 Å². The summed E-state index contributed by atoms with van der Waals surface area (Å²) in [6.45, 7) is 6.95. The van der Waals surface area contributed by atoms with E-state index in [2.05, 4.69) is 18.8 Å². The average molecular weight is 314 g/mol. The largest absolute Gasteiger partial charge is 0.310 e. The zero-order chi connectivity index (χ0) is 14.8. The number of hydrogen-bond donors (Lipinski definition) is 1. The van der Waals surface area contributed by atoms with Crippen LogP contribution in [-0.2, 0) is 0 Å². The molecule has 0 aliphatic rings. The van der Waals surface area contributed by atoms with E-state index in [-0.39, 0.29) is 0 Å². The summed E-state index contributed by atoms with van der Waals surface area (Å²) in [7, 11) is 0. The number of unbranched alkanes of at least 4 members (excludes halogenated alkanes) is 3. The van der Waals surface area contributed by atoms with Gasteiger partial charge in [0.2, 0.25) is 0 Å². The van der Waals surface area contributed by atoms with E-state index in [1.54, 1.807) is 6.07 Å². The average Bonchev–Trinajstić information content (AvgIpc) is 2.40. The lowest BCUT2D eigenvalue weighted by Gasteiger charge is -2.19. The lowest BCUT2D eigenvalue weighted by Crippen LogP contribution is -2.22. The SMILES string of the molecule is C=CCCCCCC(NCCC)c1cc(Cl)cc(Cl)c1. The van der Waals surface area contributed by atoms with Crippen molar-refractivity contribution in [3.63, 3.8) is 0 Å². The van der Waals surface area contributed by atoms with Crippen LogP contribution in [0, 0.1) is 0 Å². The Labute approximate surface area is 133 Å². The quantitative estimate of drug-likeness (QED) is 0.402. The van der Waals surface area contributed by atoms with Crippen LogP contribution < -0.4 is 5.32 Å². The number of rotatable bonds is 10. The Hall–Kier alpha value is -0.500. The van der Waals surface area contributed by atoms with Crippen molar-refractivity contribution in [1.82, 2.24) is 5.32 Å². The molecule has 1 N–H and O–H groups in total. The van der Waals surface area contributed by atoms with E-state index in [9.17, 15) is 0 Å². The van der Waals surface area contributed by atoms with Gasteiger partial charge in [0, 0.05) is 16.1 Å². The third kappa shape index (κ3) is 6.78. The van der Waals surface area contributed by atoms with E-state index >= 15 is 0 Å². The molecule has 0 aliphatic heterocycles. The molecule has 0 aliphatic carbocycles. The van der Waals surface area contributed by atoms with Gasteiger partial charge in [-0.3, -0.25) is 0 Å². The molecule has 0 radical (unpaired) electrons. The first-order chi connectivity index (χ1) is 9.67. The van der Waals surface area contributed by atoms with Gasteiger partial charge in [-0.05, 0) is 56.0 Å². The van der Waals surface area contributed by atoms with Crippen LogP contribution in [0.25, 0.3) is 0 Å². The van der Waals surface area contributed by atoms with Crippen molar-refractivity contribution < 1.29 is 0 Å². The summed E-state index contributed by atoms with van der Waals surface area (Å²) in [5.41, 5.74) is 1.19. The molecule has 1 aromatic rings. The van der Waals surface area contributed by atoms with E-state index in [1.807, 2.05) is 18.2 Å². The van der Waals surface area contributed by atoms with Crippen molar-refractivity contribution in [1.29, 1.82) is 0 Å². The van der Waals surface area contributed by atoms with Gasteiger partial charge >= 0.3 is 0 Å². The molecule has 20 heavy (non-hydrogen) atoms. The molecule has 3 heteroatoms. The first kappa shape index (κ1) is 17.6. The fraction of sp³-hybridized carbons (Fsp3) is 0.529. The van der Waals surface area contributed by atoms with E-state index in [0.29, 0.717) is 16.1 Å². The van der Waals surface area contributed by atoms with Gasteiger partial charge < -0.3 is 5.32 Å². The van der Waals surface area contributed by atoms with Crippen molar-refractivity contribution in [2.75, 3.05) is 6.54 Å². The maximum atomic E-state index is 6.11. The molecule has 1 atom stereocenters. The standard InChI is InChI=1S/C17H25Cl2N/c1-3-5-6-7-8-9-17(20-10-4-2)14-11-15(18)13-16(19)12-14/h3,11-13,17,20H,1,4-10H2,2H3. The normalized spacial score (nSPS) is 12.3. The van der Waals surface area contributed by atoms with E-state index in [1.165, 1.54) is 24.8 Å². The highest BCUT2D eigenvalue weighted by atomic mass is 35.5. The summed E-state index contributed by atoms with van der Waals surface area (Å²) in [6, 6.07) is 6.16. The minimum Gasteiger partial charge on any atom is -0.310 e. The third-order valence-electron chi connectivity index (χ3n) is 3.33. The Balaban J connectivity index is 2.60. The van der Waals surface area contributed by atoms with Crippen LogP contribution in [0.15, 0.2) is 30.9 Å². The van der Waals surface area contributed by atoms with Crippen LogP contribution >= 0.6 is 23.2 Å². The summed E-state index contributed by atoms with van der Waals surface area (Å²) in [6.07, 6.45) is 9.01. The monoisotopic (exact) mass is 313 g/mol. The van der Waals surface area contributed by atoms with Crippen molar-refractivity contribution in [2.24, 2.45) is 0 Å². The molecule has 0 saturated heterocycles. The summed E-state index contributed by atoms with van der Waals surface area (Å²) >= 11 is 12.2. The fourth-order valence-corrected chi connectivity index (χ4v) is 2.84. The van der Waals surface area contributed by atoms with Gasteiger partial charge in [-0.15, -0.1) is 6.58 Å². The molecule has 0 fully saturated rings. The minimum atomic E-state index is 0.342. The van der Waals surface area contributed by atoms with Crippen molar-refractivity contribution in [3.05, 3.63) is 46.5 Å². The highest BCUT2D eigenvalue weighted by molar-refractivity contribution is 6.34. The Morgan fingerprint density at radius 3 is 2.45 bits per heavy atom. The highest BCUT2D eigenvalue weighted by Crippen LogP contribution is 2.26. The molecule has 0 saturated carbocycles. The van der Waals surface area contributed by atoms with Gasteiger partial charge in [0.25, 0.3) is 0 Å². The van der Waals surface area contributed by atoms with E-state index in [4.69, 9.17) is 23.2 Å². The molecule has 0 amide bonds. The Bertz CT molecular complexity index is 384. The molecule has 1 unspecified atom stereocenters. The summed E-state index contributed by atoms with van der Waals surface area (Å²) < 4.78 is 0. The second-order valence-electron chi connectivity index (χ2n) is 5.14. The predicted molar refractivity (Wildman–Crippen MR) is 90.8 cm³/mol. The molecule has 0 bridgehead atoms. The van der Waals surface area contributed by atoms with Crippen molar-refractivity contribution >= 4 is 23.2 Å². The van der Waals surface area contributed by atoms with Gasteiger partial charge in [-0.25, -0.2) is 0 Å². The maximum absolute atomic E-state index is 6.11. The Morgan fingerprint density at radius 1 is 1.15 bits per heavy atom. The Morgan fingerprint density at radius 2 is 1.85 bits per heavy atom. The van der Waals surface area contributed by atoms with Crippen LogP contribution in [0.1, 0.15) is 57.1 Å². The molecular formula is C17H25Cl2N. The summed E-state index contributed by atoms with van der Waals surface area (Å²) in [5, 5.41) is 5.01. The van der Waals surface area contributed by atoms with Crippen molar-refractivity contribution in [3.8, 4) is 0 Å².